The first-order chi connectivity index (χ1) is 11.0. The molecule has 0 aliphatic carbocycles. The molecule has 1 aliphatic rings. The maximum Gasteiger partial charge on any atom is 0.261 e. The van der Waals surface area contributed by atoms with Gasteiger partial charge in [-0.25, -0.2) is 4.98 Å². The predicted octanol–water partition coefficient (Wildman–Crippen LogP) is 3.31. The molecule has 1 aromatic carbocycles. The number of hydrogen-bond donors (Lipinski definition) is 0. The lowest BCUT2D eigenvalue weighted by molar-refractivity contribution is 0.231. The van der Waals surface area contributed by atoms with Gasteiger partial charge in [-0.05, 0) is 46.6 Å². The number of fused-ring (bicyclic) bond motifs is 2. The third kappa shape index (κ3) is 3.19. The molecule has 2 aromatic rings. The number of hydrogen-bond acceptors (Lipinski definition) is 4. The Kier molecular flexibility index (Phi) is 4.28. The molecule has 0 atom stereocenters. The van der Waals surface area contributed by atoms with E-state index in [0.717, 1.165) is 31.6 Å². The minimum atomic E-state index is 0.00696. The number of benzene rings is 1. The average Bonchev–Trinajstić information content (AvgIpc) is 2.47. The predicted molar refractivity (Wildman–Crippen MR) is 90.5 cm³/mol. The van der Waals surface area contributed by atoms with Crippen molar-refractivity contribution >= 4 is 10.9 Å². The summed E-state index contributed by atoms with van der Waals surface area (Å²) >= 11 is 0. The minimum Gasteiger partial charge on any atom is -0.491 e. The molecule has 5 heteroatoms. The largest absolute Gasteiger partial charge is 0.491 e. The first kappa shape index (κ1) is 15.8. The Morgan fingerprint density at radius 2 is 1.83 bits per heavy atom. The van der Waals surface area contributed by atoms with Crippen molar-refractivity contribution in [2.24, 2.45) is 0 Å². The Balaban J connectivity index is 2.24. The molecule has 0 bridgehead atoms. The molecule has 1 aromatic heterocycles. The summed E-state index contributed by atoms with van der Waals surface area (Å²) < 4.78 is 13.5. The van der Waals surface area contributed by atoms with Crippen LogP contribution in [-0.4, -0.2) is 21.8 Å². The highest BCUT2D eigenvalue weighted by molar-refractivity contribution is 5.85. The molecular formula is C18H24N2O3. The molecule has 0 saturated carbocycles. The van der Waals surface area contributed by atoms with Crippen LogP contribution in [0.3, 0.4) is 0 Å². The number of nitrogens with zero attached hydrogens (tertiary/aromatic N) is 2. The van der Waals surface area contributed by atoms with E-state index in [9.17, 15) is 4.79 Å². The van der Waals surface area contributed by atoms with Gasteiger partial charge in [0.2, 0.25) is 0 Å². The summed E-state index contributed by atoms with van der Waals surface area (Å²) in [5, 5.41) is 0.574. The van der Waals surface area contributed by atoms with Crippen molar-refractivity contribution in [1.29, 1.82) is 0 Å². The van der Waals surface area contributed by atoms with Gasteiger partial charge in [0.05, 0.1) is 17.6 Å². The van der Waals surface area contributed by atoms with Gasteiger partial charge >= 0.3 is 0 Å². The van der Waals surface area contributed by atoms with E-state index in [4.69, 9.17) is 14.5 Å². The normalized spacial score (nSPS) is 14.3. The molecule has 0 unspecified atom stereocenters. The van der Waals surface area contributed by atoms with Gasteiger partial charge in [-0.3, -0.25) is 9.36 Å². The van der Waals surface area contributed by atoms with Crippen molar-refractivity contribution in [1.82, 2.24) is 9.55 Å². The van der Waals surface area contributed by atoms with Crippen LogP contribution in [0.25, 0.3) is 10.9 Å². The van der Waals surface area contributed by atoms with Gasteiger partial charge in [0.15, 0.2) is 0 Å². The molecule has 124 valence electrons. The fourth-order valence-corrected chi connectivity index (χ4v) is 2.97. The van der Waals surface area contributed by atoms with Gasteiger partial charge in [0, 0.05) is 19.0 Å². The topological polar surface area (TPSA) is 53.4 Å². The zero-order chi connectivity index (χ0) is 16.6. The van der Waals surface area contributed by atoms with Crippen LogP contribution in [0.4, 0.5) is 0 Å². The van der Waals surface area contributed by atoms with Gasteiger partial charge in [-0.1, -0.05) is 0 Å². The van der Waals surface area contributed by atoms with Crippen LogP contribution in [0.2, 0.25) is 0 Å². The van der Waals surface area contributed by atoms with Gasteiger partial charge in [0.1, 0.15) is 22.8 Å². The Morgan fingerprint density at radius 3 is 2.52 bits per heavy atom. The highest BCUT2D eigenvalue weighted by Gasteiger charge is 2.19. The van der Waals surface area contributed by atoms with E-state index in [-0.39, 0.29) is 17.8 Å². The first-order valence-electron chi connectivity index (χ1n) is 8.36. The lowest BCUT2D eigenvalue weighted by Crippen LogP contribution is -2.28. The molecule has 0 fully saturated rings. The van der Waals surface area contributed by atoms with E-state index in [1.54, 1.807) is 10.6 Å². The summed E-state index contributed by atoms with van der Waals surface area (Å²) in [7, 11) is 0. The van der Waals surface area contributed by atoms with E-state index in [1.165, 1.54) is 0 Å². The second-order valence-electron chi connectivity index (χ2n) is 6.59. The molecule has 1 aliphatic heterocycles. The Labute approximate surface area is 136 Å². The third-order valence-electron chi connectivity index (χ3n) is 3.84. The molecule has 0 radical (unpaired) electrons. The molecule has 3 rings (SSSR count). The van der Waals surface area contributed by atoms with Crippen LogP contribution < -0.4 is 15.0 Å². The Bertz CT molecular complexity index is 778. The van der Waals surface area contributed by atoms with Crippen molar-refractivity contribution in [3.05, 3.63) is 28.3 Å². The summed E-state index contributed by atoms with van der Waals surface area (Å²) in [5.74, 6) is 2.14. The Morgan fingerprint density at radius 1 is 1.09 bits per heavy atom. The first-order valence-corrected chi connectivity index (χ1v) is 8.36. The highest BCUT2D eigenvalue weighted by Crippen LogP contribution is 2.30. The summed E-state index contributed by atoms with van der Waals surface area (Å²) in [6.45, 7) is 8.60. The van der Waals surface area contributed by atoms with Gasteiger partial charge in [-0.2, -0.15) is 0 Å². The Hall–Kier alpha value is -2.04. The number of ether oxygens (including phenoxy) is 2. The smallest absolute Gasteiger partial charge is 0.261 e. The van der Waals surface area contributed by atoms with Crippen LogP contribution in [-0.2, 0) is 13.0 Å². The number of aromatic nitrogens is 2. The monoisotopic (exact) mass is 316 g/mol. The molecule has 0 spiro atoms. The van der Waals surface area contributed by atoms with Crippen molar-refractivity contribution < 1.29 is 9.47 Å². The zero-order valence-corrected chi connectivity index (χ0v) is 14.3. The molecule has 23 heavy (non-hydrogen) atoms. The SMILES string of the molecule is CC(C)Oc1cc(OC(C)C)c2nc3n(c(=O)c2c1)CCCC3. The molecular weight excluding hydrogens is 292 g/mol. The maximum atomic E-state index is 12.9. The van der Waals surface area contributed by atoms with Crippen LogP contribution in [0.5, 0.6) is 11.5 Å². The lowest BCUT2D eigenvalue weighted by atomic mass is 10.1. The highest BCUT2D eigenvalue weighted by atomic mass is 16.5. The van der Waals surface area contributed by atoms with E-state index < -0.39 is 0 Å². The van der Waals surface area contributed by atoms with Gasteiger partial charge in [-0.15, -0.1) is 0 Å². The second kappa shape index (κ2) is 6.22. The molecule has 0 amide bonds. The standard InChI is InChI=1S/C18H24N2O3/c1-11(2)22-13-9-14-17(15(10-13)23-12(3)4)19-16-7-5-6-8-20(16)18(14)21/h9-12H,5-8H2,1-4H3. The summed E-state index contributed by atoms with van der Waals surface area (Å²) in [4.78, 5) is 17.6. The molecule has 0 N–H and O–H groups in total. The minimum absolute atomic E-state index is 0.00696. The third-order valence-corrected chi connectivity index (χ3v) is 3.84. The summed E-state index contributed by atoms with van der Waals surface area (Å²) in [6.07, 6.45) is 2.99. The number of aryl methyl sites for hydroxylation is 1. The van der Waals surface area contributed by atoms with Crippen molar-refractivity contribution in [2.45, 2.75) is 65.7 Å². The average molecular weight is 316 g/mol. The van der Waals surface area contributed by atoms with Crippen LogP contribution in [0, 0.1) is 0 Å². The second-order valence-corrected chi connectivity index (χ2v) is 6.59. The lowest BCUT2D eigenvalue weighted by Gasteiger charge is -2.20. The zero-order valence-electron chi connectivity index (χ0n) is 14.3. The molecule has 5 nitrogen and oxygen atoms in total. The van der Waals surface area contributed by atoms with E-state index >= 15 is 0 Å². The molecule has 2 heterocycles. The quantitative estimate of drug-likeness (QED) is 0.868. The summed E-state index contributed by atoms with van der Waals surface area (Å²) in [5.41, 5.74) is 0.653. The van der Waals surface area contributed by atoms with E-state index in [2.05, 4.69) is 0 Å². The number of rotatable bonds is 4. The fourth-order valence-electron chi connectivity index (χ4n) is 2.97. The van der Waals surface area contributed by atoms with E-state index in [0.29, 0.717) is 22.4 Å². The van der Waals surface area contributed by atoms with Crippen LogP contribution in [0.15, 0.2) is 16.9 Å². The van der Waals surface area contributed by atoms with E-state index in [1.807, 2.05) is 33.8 Å². The van der Waals surface area contributed by atoms with Gasteiger partial charge < -0.3 is 9.47 Å². The maximum absolute atomic E-state index is 12.9. The molecule has 0 saturated heterocycles. The van der Waals surface area contributed by atoms with Crippen LogP contribution in [0.1, 0.15) is 46.4 Å². The fraction of sp³-hybridized carbons (Fsp3) is 0.556. The van der Waals surface area contributed by atoms with Crippen molar-refractivity contribution in [3.63, 3.8) is 0 Å². The van der Waals surface area contributed by atoms with Crippen LogP contribution >= 0.6 is 0 Å². The van der Waals surface area contributed by atoms with Crippen molar-refractivity contribution in [3.8, 4) is 11.5 Å². The summed E-state index contributed by atoms with van der Waals surface area (Å²) in [6, 6.07) is 3.63. The van der Waals surface area contributed by atoms with Crippen molar-refractivity contribution in [2.75, 3.05) is 0 Å². The van der Waals surface area contributed by atoms with Gasteiger partial charge in [0.25, 0.3) is 5.56 Å².